The standard InChI is InChI=1S/C22H15N7O11S2/c23-19-18-11(9-16(41(35,36)37)20(19)26-24-12-1-5-14(6-2-12)28(31)32)10-17(42(38,39)40)21(22(18)30)27-25-13-3-7-15(8-4-13)29(33)34/h1-10,30H,23H2,(H,35,36,37)(H,38,39,40)/b26-24+,27-25+. The molecule has 0 bridgehead atoms. The number of nitrogens with zero attached hydrogens (tertiary/aromatic N) is 6. The Balaban J connectivity index is 1.95. The van der Waals surface area contributed by atoms with E-state index in [1.807, 2.05) is 0 Å². The van der Waals surface area contributed by atoms with Crippen LogP contribution >= 0.6 is 0 Å². The van der Waals surface area contributed by atoms with Gasteiger partial charge in [-0.3, -0.25) is 29.3 Å². The summed E-state index contributed by atoms with van der Waals surface area (Å²) in [7, 11) is -10.2. The van der Waals surface area contributed by atoms with Crippen LogP contribution in [0.15, 0.2) is 90.9 Å². The topological polar surface area (TPSA) is 291 Å². The Hall–Kier alpha value is -5.44. The minimum Gasteiger partial charge on any atom is -0.505 e. The smallest absolute Gasteiger partial charge is 0.296 e. The minimum atomic E-state index is -5.14. The number of anilines is 1. The maximum Gasteiger partial charge on any atom is 0.296 e. The van der Waals surface area contributed by atoms with Gasteiger partial charge in [-0.1, -0.05) is 0 Å². The Labute approximate surface area is 234 Å². The number of nitrogens with two attached hydrogens (primary N) is 1. The maximum atomic E-state index is 12.2. The predicted molar refractivity (Wildman–Crippen MR) is 144 cm³/mol. The van der Waals surface area contributed by atoms with Gasteiger partial charge in [-0.2, -0.15) is 27.1 Å². The summed E-state index contributed by atoms with van der Waals surface area (Å²) in [4.78, 5) is 18.4. The highest BCUT2D eigenvalue weighted by molar-refractivity contribution is 7.86. The lowest BCUT2D eigenvalue weighted by molar-refractivity contribution is -0.385. The van der Waals surface area contributed by atoms with Gasteiger partial charge >= 0.3 is 0 Å². The first-order chi connectivity index (χ1) is 19.6. The van der Waals surface area contributed by atoms with E-state index >= 15 is 0 Å². The average Bonchev–Trinajstić information content (AvgIpc) is 2.90. The number of hydrogen-bond acceptors (Lipinski definition) is 14. The summed E-state index contributed by atoms with van der Waals surface area (Å²) < 4.78 is 68.2. The van der Waals surface area contributed by atoms with E-state index in [0.717, 1.165) is 36.4 Å². The highest BCUT2D eigenvalue weighted by Gasteiger charge is 2.28. The van der Waals surface area contributed by atoms with Crippen molar-refractivity contribution >= 4 is 70.8 Å². The molecular formula is C22H15N7O11S2. The third kappa shape index (κ3) is 6.00. The molecule has 0 aliphatic rings. The number of aromatic hydroxyl groups is 1. The fourth-order valence-corrected chi connectivity index (χ4v) is 4.93. The molecule has 0 heterocycles. The van der Waals surface area contributed by atoms with Gasteiger partial charge in [0.15, 0.2) is 5.75 Å². The summed E-state index contributed by atoms with van der Waals surface area (Å²) in [6.45, 7) is 0. The van der Waals surface area contributed by atoms with E-state index in [-0.39, 0.29) is 22.7 Å². The highest BCUT2D eigenvalue weighted by Crippen LogP contribution is 2.48. The number of phenols is 1. The maximum absolute atomic E-state index is 12.2. The van der Waals surface area contributed by atoms with Crippen LogP contribution in [0.4, 0.5) is 39.8 Å². The minimum absolute atomic E-state index is 0.00455. The van der Waals surface area contributed by atoms with E-state index in [4.69, 9.17) is 5.73 Å². The molecule has 0 aliphatic carbocycles. The van der Waals surface area contributed by atoms with Crippen LogP contribution < -0.4 is 5.73 Å². The molecule has 42 heavy (non-hydrogen) atoms. The van der Waals surface area contributed by atoms with Crippen molar-refractivity contribution < 1.29 is 40.9 Å². The van der Waals surface area contributed by atoms with Crippen molar-refractivity contribution in [2.75, 3.05) is 5.73 Å². The van der Waals surface area contributed by atoms with Gasteiger partial charge in [0, 0.05) is 24.3 Å². The second-order valence-corrected chi connectivity index (χ2v) is 11.0. The average molecular weight is 618 g/mol. The summed E-state index contributed by atoms with van der Waals surface area (Å²) in [5.74, 6) is -1.00. The zero-order valence-electron chi connectivity index (χ0n) is 20.5. The molecule has 0 atom stereocenters. The van der Waals surface area contributed by atoms with Gasteiger partial charge < -0.3 is 10.8 Å². The fourth-order valence-electron chi connectivity index (χ4n) is 3.60. The summed E-state index contributed by atoms with van der Waals surface area (Å²) in [5.41, 5.74) is 3.37. The molecule has 0 fully saturated rings. The molecule has 18 nitrogen and oxygen atoms in total. The van der Waals surface area contributed by atoms with Crippen LogP contribution in [0.3, 0.4) is 0 Å². The molecule has 0 radical (unpaired) electrons. The number of nitro groups is 2. The van der Waals surface area contributed by atoms with Crippen molar-refractivity contribution in [3.05, 3.63) is 80.9 Å². The number of phenolic OH excluding ortho intramolecular Hbond substituents is 1. The van der Waals surface area contributed by atoms with Crippen LogP contribution in [-0.4, -0.2) is 40.9 Å². The second-order valence-electron chi connectivity index (χ2n) is 8.20. The third-order valence-corrected chi connectivity index (χ3v) is 7.26. The molecule has 4 aromatic rings. The zero-order chi connectivity index (χ0) is 31.0. The van der Waals surface area contributed by atoms with E-state index in [0.29, 0.717) is 12.1 Å². The largest absolute Gasteiger partial charge is 0.505 e. The quantitative estimate of drug-likeness (QED) is 0.0646. The third-order valence-electron chi connectivity index (χ3n) is 5.52. The normalized spacial score (nSPS) is 12.3. The lowest BCUT2D eigenvalue weighted by atomic mass is 10.1. The van der Waals surface area contributed by atoms with Gasteiger partial charge in [-0.25, -0.2) is 0 Å². The van der Waals surface area contributed by atoms with E-state index in [1.54, 1.807) is 0 Å². The monoisotopic (exact) mass is 617 g/mol. The molecule has 4 aromatic carbocycles. The van der Waals surface area contributed by atoms with E-state index in [2.05, 4.69) is 20.5 Å². The molecule has 0 amide bonds. The Morgan fingerprint density at radius 2 is 1.05 bits per heavy atom. The first-order valence-corrected chi connectivity index (χ1v) is 13.9. The molecular weight excluding hydrogens is 602 g/mol. The zero-order valence-corrected chi connectivity index (χ0v) is 22.1. The van der Waals surface area contributed by atoms with Crippen molar-refractivity contribution in [3.8, 4) is 5.75 Å². The molecule has 0 saturated carbocycles. The van der Waals surface area contributed by atoms with E-state index in [1.165, 1.54) is 12.1 Å². The van der Waals surface area contributed by atoms with Crippen LogP contribution in [0, 0.1) is 20.2 Å². The molecule has 216 valence electrons. The fraction of sp³-hybridized carbons (Fsp3) is 0. The number of nitro benzene ring substituents is 2. The van der Waals surface area contributed by atoms with Crippen molar-refractivity contribution in [2.24, 2.45) is 20.5 Å². The Morgan fingerprint density at radius 3 is 1.43 bits per heavy atom. The van der Waals surface area contributed by atoms with Crippen LogP contribution in [0.5, 0.6) is 5.75 Å². The Kier molecular flexibility index (Phi) is 7.63. The summed E-state index contributed by atoms with van der Waals surface area (Å²) in [6, 6.07) is 10.4. The van der Waals surface area contributed by atoms with Gasteiger partial charge in [0.05, 0.1) is 32.3 Å². The predicted octanol–water partition coefficient (Wildman–Crippen LogP) is 5.27. The van der Waals surface area contributed by atoms with E-state index < -0.39 is 73.5 Å². The SMILES string of the molecule is Nc1c(/N=N/c2ccc([N+](=O)[O-])cc2)c(S(=O)(=O)O)cc2cc(S(=O)(=O)O)c(/N=N/c3ccc([N+](=O)[O-])cc3)c(O)c12. The lowest BCUT2D eigenvalue weighted by Gasteiger charge is -2.14. The summed E-state index contributed by atoms with van der Waals surface area (Å²) >= 11 is 0. The van der Waals surface area contributed by atoms with Gasteiger partial charge in [-0.05, 0) is 41.8 Å². The van der Waals surface area contributed by atoms with Crippen molar-refractivity contribution in [2.45, 2.75) is 9.79 Å². The number of rotatable bonds is 8. The molecule has 0 aromatic heterocycles. The number of nitrogen functional groups attached to an aromatic ring is 1. The van der Waals surface area contributed by atoms with E-state index in [9.17, 15) is 51.3 Å². The second kappa shape index (κ2) is 10.9. The number of hydrogen-bond donors (Lipinski definition) is 4. The molecule has 4 rings (SSSR count). The van der Waals surface area contributed by atoms with Gasteiger partial charge in [0.25, 0.3) is 31.6 Å². The first-order valence-electron chi connectivity index (χ1n) is 11.0. The van der Waals surface area contributed by atoms with Gasteiger partial charge in [0.2, 0.25) is 0 Å². The summed E-state index contributed by atoms with van der Waals surface area (Å²) in [6.07, 6.45) is 0. The van der Waals surface area contributed by atoms with Crippen LogP contribution in [0.2, 0.25) is 0 Å². The number of fused-ring (bicyclic) bond motifs is 1. The Morgan fingerprint density at radius 1 is 0.667 bits per heavy atom. The molecule has 0 saturated heterocycles. The number of benzene rings is 4. The molecule has 20 heteroatoms. The molecule has 5 N–H and O–H groups in total. The Bertz CT molecular complexity index is 1900. The van der Waals surface area contributed by atoms with Gasteiger partial charge in [-0.15, -0.1) is 10.2 Å². The number of azo groups is 2. The molecule has 0 unspecified atom stereocenters. The first kappa shape index (κ1) is 29.5. The molecule has 0 spiro atoms. The van der Waals surface area contributed by atoms with Crippen molar-refractivity contribution in [3.63, 3.8) is 0 Å². The van der Waals surface area contributed by atoms with Crippen LogP contribution in [-0.2, 0) is 20.2 Å². The van der Waals surface area contributed by atoms with Gasteiger partial charge in [0.1, 0.15) is 21.2 Å². The number of non-ortho nitro benzene ring substituents is 2. The summed E-state index contributed by atoms with van der Waals surface area (Å²) in [5, 5.41) is 46.8. The highest BCUT2D eigenvalue weighted by atomic mass is 32.2. The van der Waals surface area contributed by atoms with Crippen LogP contribution in [0.1, 0.15) is 0 Å². The molecule has 0 aliphatic heterocycles. The van der Waals surface area contributed by atoms with Crippen molar-refractivity contribution in [1.82, 2.24) is 0 Å². The lowest BCUT2D eigenvalue weighted by Crippen LogP contribution is -2.03. The van der Waals surface area contributed by atoms with Crippen LogP contribution in [0.25, 0.3) is 10.8 Å². The van der Waals surface area contributed by atoms with Crippen molar-refractivity contribution in [1.29, 1.82) is 0 Å².